The molecule has 7 nitrogen and oxygen atoms in total. The molecule has 0 aliphatic carbocycles. The van der Waals surface area contributed by atoms with Crippen LogP contribution >= 0.6 is 11.6 Å². The number of hydrogen-bond acceptors (Lipinski definition) is 5. The fourth-order valence-corrected chi connectivity index (χ4v) is 2.92. The van der Waals surface area contributed by atoms with Gasteiger partial charge in [0.2, 0.25) is 0 Å². The summed E-state index contributed by atoms with van der Waals surface area (Å²) < 4.78 is 30.8. The van der Waals surface area contributed by atoms with Gasteiger partial charge in [-0.3, -0.25) is 0 Å². The van der Waals surface area contributed by atoms with Gasteiger partial charge in [-0.1, -0.05) is 50.1 Å². The molecule has 1 aromatic rings. The number of ether oxygens (including phenoxy) is 1. The molecule has 0 aliphatic heterocycles. The smallest absolute Gasteiger partial charge is 0.329 e. The number of rotatable bonds is 8. The fourth-order valence-electron chi connectivity index (χ4n) is 2.01. The molecule has 0 saturated heterocycles. The summed E-state index contributed by atoms with van der Waals surface area (Å²) in [5.41, 5.74) is 0.490. The van der Waals surface area contributed by atoms with Crippen LogP contribution in [-0.4, -0.2) is 33.1 Å². The van der Waals surface area contributed by atoms with E-state index in [0.29, 0.717) is 17.0 Å². The first-order chi connectivity index (χ1) is 12.2. The summed E-state index contributed by atoms with van der Waals surface area (Å²) in [6, 6.07) is 4.71. The van der Waals surface area contributed by atoms with Crippen LogP contribution in [-0.2, 0) is 19.6 Å². The van der Waals surface area contributed by atoms with Crippen molar-refractivity contribution < 1.29 is 22.7 Å². The highest BCUT2D eigenvalue weighted by atomic mass is 35.5. The first-order valence-electron chi connectivity index (χ1n) is 8.12. The molecule has 9 heteroatoms. The third kappa shape index (κ3) is 7.05. The lowest BCUT2D eigenvalue weighted by atomic mass is 9.99. The van der Waals surface area contributed by atoms with E-state index in [1.165, 1.54) is 6.08 Å². The van der Waals surface area contributed by atoms with E-state index in [9.17, 15) is 18.0 Å². The number of amides is 2. The maximum absolute atomic E-state index is 12.0. The predicted molar refractivity (Wildman–Crippen MR) is 101 cm³/mol. The molecule has 0 radical (unpaired) electrons. The molecule has 144 valence electrons. The topological polar surface area (TPSA) is 102 Å². The largest absolute Gasteiger partial charge is 0.464 e. The lowest BCUT2D eigenvalue weighted by Crippen LogP contribution is -2.50. The second-order valence-electron chi connectivity index (χ2n) is 5.56. The Balaban J connectivity index is 2.80. The van der Waals surface area contributed by atoms with Crippen LogP contribution in [0.4, 0.5) is 4.79 Å². The molecule has 0 aromatic heterocycles. The Hall–Kier alpha value is -2.06. The van der Waals surface area contributed by atoms with E-state index in [1.807, 2.05) is 11.6 Å². The van der Waals surface area contributed by atoms with Crippen LogP contribution in [0.5, 0.6) is 0 Å². The summed E-state index contributed by atoms with van der Waals surface area (Å²) in [5.74, 6) is -0.831. The quantitative estimate of drug-likeness (QED) is 0.651. The molecule has 0 heterocycles. The van der Waals surface area contributed by atoms with Gasteiger partial charge in [-0.15, -0.1) is 0 Å². The van der Waals surface area contributed by atoms with Gasteiger partial charge in [0, 0.05) is 5.02 Å². The average molecular weight is 403 g/mol. The lowest BCUT2D eigenvalue weighted by Gasteiger charge is -2.22. The van der Waals surface area contributed by atoms with Crippen LogP contribution in [0.15, 0.2) is 29.7 Å². The zero-order valence-electron chi connectivity index (χ0n) is 14.9. The number of nitrogens with one attached hydrogen (secondary N) is 2. The predicted octanol–water partition coefficient (Wildman–Crippen LogP) is 2.92. The number of urea groups is 1. The van der Waals surface area contributed by atoms with Gasteiger partial charge in [0.1, 0.15) is 6.04 Å². The number of carbonyl (C=O) groups excluding carboxylic acids is 2. The second-order valence-corrected chi connectivity index (χ2v) is 7.53. The van der Waals surface area contributed by atoms with Gasteiger partial charge < -0.3 is 10.1 Å². The molecule has 0 fully saturated rings. The minimum Gasteiger partial charge on any atom is -0.464 e. The van der Waals surface area contributed by atoms with Gasteiger partial charge in [-0.25, -0.2) is 22.7 Å². The van der Waals surface area contributed by atoms with Crippen LogP contribution in [0.3, 0.4) is 0 Å². The Kier molecular flexibility index (Phi) is 8.60. The molecule has 0 spiro atoms. The lowest BCUT2D eigenvalue weighted by molar-refractivity contribution is -0.146. The summed E-state index contributed by atoms with van der Waals surface area (Å²) in [5, 5.41) is 3.56. The molecule has 0 saturated carbocycles. The minimum atomic E-state index is -4.07. The van der Waals surface area contributed by atoms with Crippen molar-refractivity contribution in [3.8, 4) is 0 Å². The van der Waals surface area contributed by atoms with Gasteiger partial charge >= 0.3 is 12.0 Å². The zero-order chi connectivity index (χ0) is 19.7. The number of esters is 1. The highest BCUT2D eigenvalue weighted by Crippen LogP contribution is 2.16. The Morgan fingerprint density at radius 2 is 1.92 bits per heavy atom. The molecule has 0 aliphatic rings. The van der Waals surface area contributed by atoms with E-state index in [-0.39, 0.29) is 12.5 Å². The molecule has 1 rings (SSSR count). The van der Waals surface area contributed by atoms with Gasteiger partial charge in [0.15, 0.2) is 0 Å². The average Bonchev–Trinajstić information content (AvgIpc) is 2.58. The van der Waals surface area contributed by atoms with Crippen LogP contribution < -0.4 is 10.0 Å². The molecule has 0 bridgehead atoms. The van der Waals surface area contributed by atoms with Crippen molar-refractivity contribution in [1.82, 2.24) is 10.0 Å². The van der Waals surface area contributed by atoms with E-state index in [4.69, 9.17) is 16.3 Å². The van der Waals surface area contributed by atoms with E-state index >= 15 is 0 Å². The first-order valence-corrected chi connectivity index (χ1v) is 10.0. The van der Waals surface area contributed by atoms with Gasteiger partial charge in [-0.2, -0.15) is 0 Å². The minimum absolute atomic E-state index is 0.161. The van der Waals surface area contributed by atoms with Crippen LogP contribution in [0.25, 0.3) is 6.08 Å². The van der Waals surface area contributed by atoms with Crippen LogP contribution in [0.1, 0.15) is 32.8 Å². The van der Waals surface area contributed by atoms with E-state index < -0.39 is 28.1 Å². The Morgan fingerprint density at radius 1 is 1.27 bits per heavy atom. The third-order valence-electron chi connectivity index (χ3n) is 3.61. The normalized spacial score (nSPS) is 13.8. The second kappa shape index (κ2) is 10.2. The van der Waals surface area contributed by atoms with E-state index in [1.54, 1.807) is 38.1 Å². The number of halogens is 1. The van der Waals surface area contributed by atoms with Crippen molar-refractivity contribution in [3.05, 3.63) is 40.3 Å². The molecule has 1 aromatic carbocycles. The monoisotopic (exact) mass is 402 g/mol. The summed E-state index contributed by atoms with van der Waals surface area (Å²) >= 11 is 5.95. The number of sulfonamides is 1. The molecule has 26 heavy (non-hydrogen) atoms. The molecule has 2 atom stereocenters. The summed E-state index contributed by atoms with van der Waals surface area (Å²) in [7, 11) is -4.07. The van der Waals surface area contributed by atoms with Crippen molar-refractivity contribution in [1.29, 1.82) is 0 Å². The summed E-state index contributed by atoms with van der Waals surface area (Å²) in [6.07, 6.45) is 1.87. The van der Waals surface area contributed by atoms with Crippen molar-refractivity contribution in [3.63, 3.8) is 0 Å². The van der Waals surface area contributed by atoms with Gasteiger partial charge in [-0.05, 0) is 30.5 Å². The summed E-state index contributed by atoms with van der Waals surface area (Å²) in [6.45, 7) is 5.41. The Bertz CT molecular complexity index is 764. The van der Waals surface area contributed by atoms with Crippen molar-refractivity contribution in [2.45, 2.75) is 33.2 Å². The molecule has 2 amide bonds. The Labute approximate surface area is 158 Å². The fraction of sp³-hybridized carbons (Fsp3) is 0.412. The molecular formula is C17H23ClN2O5S. The van der Waals surface area contributed by atoms with Crippen LogP contribution in [0.2, 0.25) is 5.02 Å². The van der Waals surface area contributed by atoms with Gasteiger partial charge in [0.05, 0.1) is 12.0 Å². The summed E-state index contributed by atoms with van der Waals surface area (Å²) in [4.78, 5) is 24.0. The number of benzene rings is 1. The number of carbonyl (C=O) groups is 2. The molecule has 2 N–H and O–H groups in total. The maximum Gasteiger partial charge on any atom is 0.329 e. The maximum atomic E-state index is 12.0. The van der Waals surface area contributed by atoms with Crippen molar-refractivity contribution >= 4 is 39.7 Å². The van der Waals surface area contributed by atoms with Crippen molar-refractivity contribution in [2.24, 2.45) is 5.92 Å². The highest BCUT2D eigenvalue weighted by Gasteiger charge is 2.28. The first kappa shape index (κ1) is 22.0. The van der Waals surface area contributed by atoms with E-state index in [2.05, 4.69) is 5.32 Å². The van der Waals surface area contributed by atoms with E-state index in [0.717, 1.165) is 5.41 Å². The van der Waals surface area contributed by atoms with Crippen molar-refractivity contribution in [2.75, 3.05) is 6.61 Å². The SMILES string of the molecule is CCOC(=O)C(NC(=O)NS(=O)(=O)C=Cc1ccccc1Cl)C(C)CC. The number of hydrogen-bond donors (Lipinski definition) is 2. The van der Waals surface area contributed by atoms with Gasteiger partial charge in [0.25, 0.3) is 10.0 Å². The third-order valence-corrected chi connectivity index (χ3v) is 4.92. The zero-order valence-corrected chi connectivity index (χ0v) is 16.4. The molecule has 2 unspecified atom stereocenters. The highest BCUT2D eigenvalue weighted by molar-refractivity contribution is 7.93. The Morgan fingerprint density at radius 3 is 2.50 bits per heavy atom. The standard InChI is InChI=1S/C17H23ClN2O5S/c1-4-12(3)15(16(21)25-5-2)19-17(22)20-26(23,24)11-10-13-8-6-7-9-14(13)18/h6-12,15H,4-5H2,1-3H3,(H2,19,20,22). The van der Waals surface area contributed by atoms with Crippen LogP contribution in [0, 0.1) is 5.92 Å². The molecular weight excluding hydrogens is 380 g/mol.